The summed E-state index contributed by atoms with van der Waals surface area (Å²) in [6.45, 7) is -0.535. The van der Waals surface area contributed by atoms with E-state index in [9.17, 15) is 19.4 Å². The SMILES string of the molecule is O=C(O)CC(C(=O)N(O)CNCP(=O)(O)O)c1ccccc1. The molecular formula is C12H17N2O7P. The van der Waals surface area contributed by atoms with E-state index in [4.69, 9.17) is 14.9 Å². The summed E-state index contributed by atoms with van der Waals surface area (Å²) in [6.07, 6.45) is -1.23. The fraction of sp³-hybridized carbons (Fsp3) is 0.333. The number of carbonyl (C=O) groups is 2. The number of amides is 1. The Labute approximate surface area is 126 Å². The van der Waals surface area contributed by atoms with Crippen LogP contribution in [0.1, 0.15) is 17.9 Å². The Morgan fingerprint density at radius 2 is 1.82 bits per heavy atom. The first-order valence-corrected chi connectivity index (χ1v) is 8.03. The van der Waals surface area contributed by atoms with Gasteiger partial charge in [0.25, 0.3) is 5.91 Å². The largest absolute Gasteiger partial charge is 0.481 e. The summed E-state index contributed by atoms with van der Waals surface area (Å²) in [6, 6.07) is 8.07. The molecule has 0 fully saturated rings. The average molecular weight is 332 g/mol. The third-order valence-electron chi connectivity index (χ3n) is 2.71. The summed E-state index contributed by atoms with van der Waals surface area (Å²) in [7, 11) is -4.31. The van der Waals surface area contributed by atoms with Gasteiger partial charge >= 0.3 is 13.6 Å². The van der Waals surface area contributed by atoms with E-state index >= 15 is 0 Å². The number of rotatable bonds is 8. The fourth-order valence-corrected chi connectivity index (χ4v) is 2.16. The maximum atomic E-state index is 12.1. The minimum atomic E-state index is -4.31. The molecule has 1 atom stereocenters. The molecule has 10 heteroatoms. The molecular weight excluding hydrogens is 315 g/mol. The van der Waals surface area contributed by atoms with Crippen molar-refractivity contribution in [1.82, 2.24) is 10.4 Å². The monoisotopic (exact) mass is 332 g/mol. The van der Waals surface area contributed by atoms with Crippen LogP contribution in [-0.4, -0.2) is 50.0 Å². The van der Waals surface area contributed by atoms with Crippen molar-refractivity contribution in [2.75, 3.05) is 13.0 Å². The van der Waals surface area contributed by atoms with Gasteiger partial charge in [-0.25, -0.2) is 5.06 Å². The predicted molar refractivity (Wildman–Crippen MR) is 75.0 cm³/mol. The Morgan fingerprint density at radius 1 is 1.23 bits per heavy atom. The molecule has 0 aliphatic rings. The number of benzene rings is 1. The van der Waals surface area contributed by atoms with Gasteiger partial charge in [0, 0.05) is 0 Å². The molecule has 0 bridgehead atoms. The van der Waals surface area contributed by atoms with Gasteiger partial charge in [-0.2, -0.15) is 0 Å². The van der Waals surface area contributed by atoms with E-state index < -0.39 is 44.8 Å². The van der Waals surface area contributed by atoms with Crippen LogP contribution in [0.5, 0.6) is 0 Å². The predicted octanol–water partition coefficient (Wildman–Crippen LogP) is 0.145. The molecule has 0 heterocycles. The first-order valence-electron chi connectivity index (χ1n) is 6.23. The molecule has 1 rings (SSSR count). The lowest BCUT2D eigenvalue weighted by Gasteiger charge is -2.21. The van der Waals surface area contributed by atoms with E-state index in [-0.39, 0.29) is 5.06 Å². The van der Waals surface area contributed by atoms with Crippen LogP contribution in [0.4, 0.5) is 0 Å². The first kappa shape index (κ1) is 18.3. The Hall–Kier alpha value is -1.77. The van der Waals surface area contributed by atoms with Crippen LogP contribution in [0.25, 0.3) is 0 Å². The van der Waals surface area contributed by atoms with E-state index in [1.807, 2.05) is 0 Å². The van der Waals surface area contributed by atoms with Crippen LogP contribution in [0.15, 0.2) is 30.3 Å². The van der Waals surface area contributed by atoms with Gasteiger partial charge in [-0.15, -0.1) is 0 Å². The number of hydrogen-bond donors (Lipinski definition) is 5. The topological polar surface area (TPSA) is 147 Å². The smallest absolute Gasteiger partial charge is 0.339 e. The molecule has 0 saturated carbocycles. The van der Waals surface area contributed by atoms with Crippen molar-refractivity contribution in [2.24, 2.45) is 0 Å². The molecule has 22 heavy (non-hydrogen) atoms. The van der Waals surface area contributed by atoms with Gasteiger partial charge < -0.3 is 14.9 Å². The number of hydroxylamine groups is 2. The molecule has 0 saturated heterocycles. The van der Waals surface area contributed by atoms with E-state index in [1.165, 1.54) is 0 Å². The van der Waals surface area contributed by atoms with Crippen molar-refractivity contribution < 1.29 is 34.3 Å². The second-order valence-electron chi connectivity index (χ2n) is 4.53. The number of nitrogens with one attached hydrogen (secondary N) is 1. The molecule has 1 aromatic rings. The van der Waals surface area contributed by atoms with Crippen molar-refractivity contribution in [3.8, 4) is 0 Å². The highest BCUT2D eigenvalue weighted by Gasteiger charge is 2.27. The highest BCUT2D eigenvalue weighted by atomic mass is 31.2. The van der Waals surface area contributed by atoms with E-state index in [1.54, 1.807) is 30.3 Å². The number of carboxylic acids is 1. The lowest BCUT2D eigenvalue weighted by molar-refractivity contribution is -0.169. The normalized spacial score (nSPS) is 12.7. The molecule has 0 radical (unpaired) electrons. The highest BCUT2D eigenvalue weighted by Crippen LogP contribution is 2.31. The van der Waals surface area contributed by atoms with Gasteiger partial charge in [0.2, 0.25) is 0 Å². The third kappa shape index (κ3) is 6.33. The lowest BCUT2D eigenvalue weighted by Crippen LogP contribution is -2.40. The molecule has 9 nitrogen and oxygen atoms in total. The Balaban J connectivity index is 2.75. The average Bonchev–Trinajstić information content (AvgIpc) is 2.43. The minimum Gasteiger partial charge on any atom is -0.481 e. The van der Waals surface area contributed by atoms with Crippen LogP contribution < -0.4 is 5.32 Å². The Morgan fingerprint density at radius 3 is 2.32 bits per heavy atom. The number of carboxylic acid groups (broad SMARTS) is 1. The highest BCUT2D eigenvalue weighted by molar-refractivity contribution is 7.51. The summed E-state index contributed by atoms with van der Waals surface area (Å²) in [5.41, 5.74) is 0.420. The molecule has 0 aliphatic carbocycles. The summed E-state index contributed by atoms with van der Waals surface area (Å²) in [5.74, 6) is -3.19. The Bertz CT molecular complexity index is 560. The zero-order chi connectivity index (χ0) is 16.8. The first-order chi connectivity index (χ1) is 10.2. The van der Waals surface area contributed by atoms with E-state index in [2.05, 4.69) is 5.32 Å². The summed E-state index contributed by atoms with van der Waals surface area (Å²) in [4.78, 5) is 40.3. The molecule has 122 valence electrons. The van der Waals surface area contributed by atoms with Crippen LogP contribution in [-0.2, 0) is 14.2 Å². The van der Waals surface area contributed by atoms with Crippen molar-refractivity contribution >= 4 is 19.5 Å². The quantitative estimate of drug-likeness (QED) is 0.195. The van der Waals surface area contributed by atoms with Crippen LogP contribution >= 0.6 is 7.60 Å². The molecule has 1 aromatic carbocycles. The van der Waals surface area contributed by atoms with Crippen molar-refractivity contribution in [3.05, 3.63) is 35.9 Å². The van der Waals surface area contributed by atoms with Gasteiger partial charge in [-0.1, -0.05) is 30.3 Å². The zero-order valence-corrected chi connectivity index (χ0v) is 12.4. The maximum Gasteiger partial charge on any atom is 0.339 e. The van der Waals surface area contributed by atoms with Crippen LogP contribution in [0.2, 0.25) is 0 Å². The Kier molecular flexibility index (Phi) is 6.66. The third-order valence-corrected chi connectivity index (χ3v) is 3.35. The number of carbonyl (C=O) groups excluding carboxylic acids is 1. The minimum absolute atomic E-state index is 0.205. The van der Waals surface area contributed by atoms with Gasteiger partial charge in [-0.3, -0.25) is 24.7 Å². The lowest BCUT2D eigenvalue weighted by atomic mass is 9.95. The van der Waals surface area contributed by atoms with Gasteiger partial charge in [0.15, 0.2) is 0 Å². The standard InChI is InChI=1S/C12H17N2O7P/c15-11(16)6-10(9-4-2-1-3-5-9)12(17)14(18)7-13-8-22(19,20)21/h1-5,10,13,18H,6-8H2,(H,15,16)(H2,19,20,21). The zero-order valence-electron chi connectivity index (χ0n) is 11.5. The van der Waals surface area contributed by atoms with Gasteiger partial charge in [-0.05, 0) is 5.56 Å². The molecule has 1 unspecified atom stereocenters. The number of nitrogens with zero attached hydrogens (tertiary/aromatic N) is 1. The van der Waals surface area contributed by atoms with Gasteiger partial charge in [0.1, 0.15) is 6.29 Å². The van der Waals surface area contributed by atoms with Crippen molar-refractivity contribution in [1.29, 1.82) is 0 Å². The van der Waals surface area contributed by atoms with Gasteiger partial charge in [0.05, 0.1) is 19.0 Å². The maximum absolute atomic E-state index is 12.1. The molecule has 1 amide bonds. The van der Waals surface area contributed by atoms with Crippen LogP contribution in [0.3, 0.4) is 0 Å². The summed E-state index contributed by atoms with van der Waals surface area (Å²) >= 11 is 0. The van der Waals surface area contributed by atoms with Crippen molar-refractivity contribution in [3.63, 3.8) is 0 Å². The summed E-state index contributed by atoms with van der Waals surface area (Å²) in [5, 5.41) is 20.9. The number of aliphatic carboxylic acids is 1. The summed E-state index contributed by atoms with van der Waals surface area (Å²) < 4.78 is 10.7. The molecule has 5 N–H and O–H groups in total. The molecule has 0 aliphatic heterocycles. The number of hydrogen-bond acceptors (Lipinski definition) is 5. The molecule has 0 aromatic heterocycles. The second kappa shape index (κ2) is 8.02. The fourth-order valence-electron chi connectivity index (χ4n) is 1.77. The second-order valence-corrected chi connectivity index (χ2v) is 6.18. The van der Waals surface area contributed by atoms with Crippen molar-refractivity contribution in [2.45, 2.75) is 12.3 Å². The van der Waals surface area contributed by atoms with E-state index in [0.29, 0.717) is 5.56 Å². The van der Waals surface area contributed by atoms with Crippen LogP contribution in [0, 0.1) is 0 Å². The van der Waals surface area contributed by atoms with E-state index in [0.717, 1.165) is 0 Å². The molecule has 0 spiro atoms.